The highest BCUT2D eigenvalue weighted by Gasteiger charge is 2.19. The first-order valence-corrected chi connectivity index (χ1v) is 4.29. The largest absolute Gasteiger partial charge is 0.373 e. The van der Waals surface area contributed by atoms with Gasteiger partial charge in [-0.05, 0) is 24.6 Å². The van der Waals surface area contributed by atoms with Gasteiger partial charge in [-0.3, -0.25) is 0 Å². The number of carbonyl (C=O) groups excluding carboxylic acids is 1. The van der Waals surface area contributed by atoms with E-state index in [0.29, 0.717) is 5.56 Å². The zero-order chi connectivity index (χ0) is 10.7. The highest BCUT2D eigenvalue weighted by Crippen LogP contribution is 2.25. The Labute approximate surface area is 85.6 Å². The second kappa shape index (κ2) is 4.39. The van der Waals surface area contributed by atoms with Crippen LogP contribution >= 0.6 is 11.6 Å². The van der Waals surface area contributed by atoms with Crippen LogP contribution in [0.3, 0.4) is 0 Å². The summed E-state index contributed by atoms with van der Waals surface area (Å²) < 4.78 is 12.7. The first-order chi connectivity index (χ1) is 6.56. The van der Waals surface area contributed by atoms with Gasteiger partial charge in [0.2, 0.25) is 0 Å². The van der Waals surface area contributed by atoms with Crippen LogP contribution in [0.2, 0.25) is 5.02 Å². The van der Waals surface area contributed by atoms with E-state index in [1.165, 1.54) is 12.1 Å². The number of rotatable bonds is 2. The third-order valence-corrected chi connectivity index (χ3v) is 2.23. The van der Waals surface area contributed by atoms with Gasteiger partial charge in [0.05, 0.1) is 5.92 Å². The average Bonchev–Trinajstić information content (AvgIpc) is 2.15. The van der Waals surface area contributed by atoms with Crippen LogP contribution in [-0.2, 0) is 9.63 Å². The molecule has 1 aromatic rings. The molecule has 5 heteroatoms. The molecule has 0 aliphatic carbocycles. The van der Waals surface area contributed by atoms with Crippen molar-refractivity contribution in [1.29, 1.82) is 0 Å². The summed E-state index contributed by atoms with van der Waals surface area (Å²) in [5.41, 5.74) is 0.489. The fourth-order valence-corrected chi connectivity index (χ4v) is 1.41. The van der Waals surface area contributed by atoms with Crippen LogP contribution in [0.4, 0.5) is 4.39 Å². The van der Waals surface area contributed by atoms with Gasteiger partial charge in [0.15, 0.2) is 0 Å². The van der Waals surface area contributed by atoms with Crippen molar-refractivity contribution >= 4 is 17.6 Å². The molecule has 0 radical (unpaired) electrons. The van der Waals surface area contributed by atoms with Crippen molar-refractivity contribution in [3.8, 4) is 0 Å². The Morgan fingerprint density at radius 2 is 2.29 bits per heavy atom. The van der Waals surface area contributed by atoms with E-state index in [4.69, 9.17) is 17.5 Å². The highest BCUT2D eigenvalue weighted by molar-refractivity contribution is 6.31. The molecule has 0 fully saturated rings. The number of benzene rings is 1. The maximum atomic E-state index is 12.7. The predicted molar refractivity (Wildman–Crippen MR) is 50.1 cm³/mol. The molecule has 76 valence electrons. The first-order valence-electron chi connectivity index (χ1n) is 3.91. The van der Waals surface area contributed by atoms with Crippen molar-refractivity contribution in [2.75, 3.05) is 0 Å². The Kier molecular flexibility index (Phi) is 3.43. The van der Waals surface area contributed by atoms with Crippen LogP contribution in [0.25, 0.3) is 0 Å². The van der Waals surface area contributed by atoms with Crippen molar-refractivity contribution in [2.24, 2.45) is 5.90 Å². The average molecular weight is 218 g/mol. The summed E-state index contributed by atoms with van der Waals surface area (Å²) in [6, 6.07) is 3.79. The fourth-order valence-electron chi connectivity index (χ4n) is 1.08. The molecular formula is C9H9ClFNO2. The third kappa shape index (κ3) is 2.21. The van der Waals surface area contributed by atoms with Crippen molar-refractivity contribution in [2.45, 2.75) is 12.8 Å². The Bertz CT molecular complexity index is 357. The van der Waals surface area contributed by atoms with E-state index in [9.17, 15) is 9.18 Å². The van der Waals surface area contributed by atoms with E-state index >= 15 is 0 Å². The van der Waals surface area contributed by atoms with E-state index in [-0.39, 0.29) is 5.02 Å². The molecule has 1 aromatic carbocycles. The van der Waals surface area contributed by atoms with Crippen molar-refractivity contribution in [3.63, 3.8) is 0 Å². The lowest BCUT2D eigenvalue weighted by Gasteiger charge is -2.10. The molecule has 3 nitrogen and oxygen atoms in total. The monoisotopic (exact) mass is 217 g/mol. The quantitative estimate of drug-likeness (QED) is 0.771. The molecule has 1 unspecified atom stereocenters. The van der Waals surface area contributed by atoms with Crippen molar-refractivity contribution < 1.29 is 14.0 Å². The van der Waals surface area contributed by atoms with Crippen LogP contribution in [0.15, 0.2) is 18.2 Å². The molecule has 0 aromatic heterocycles. The van der Waals surface area contributed by atoms with Crippen LogP contribution in [0.5, 0.6) is 0 Å². The molecule has 0 saturated heterocycles. The Balaban J connectivity index is 3.01. The van der Waals surface area contributed by atoms with E-state index < -0.39 is 17.7 Å². The normalized spacial score (nSPS) is 12.3. The van der Waals surface area contributed by atoms with Gasteiger partial charge in [0.25, 0.3) is 0 Å². The van der Waals surface area contributed by atoms with E-state index in [1.54, 1.807) is 6.92 Å². The maximum absolute atomic E-state index is 12.7. The minimum absolute atomic E-state index is 0.183. The summed E-state index contributed by atoms with van der Waals surface area (Å²) in [5.74, 6) is 3.06. The SMILES string of the molecule is CC(C(=O)ON)c1ccc(F)cc1Cl. The van der Waals surface area contributed by atoms with Gasteiger partial charge in [-0.1, -0.05) is 17.7 Å². The van der Waals surface area contributed by atoms with E-state index in [1.807, 2.05) is 0 Å². The Hall–Kier alpha value is -1.13. The third-order valence-electron chi connectivity index (χ3n) is 1.90. The zero-order valence-electron chi connectivity index (χ0n) is 7.46. The van der Waals surface area contributed by atoms with E-state index in [2.05, 4.69) is 4.84 Å². The summed E-state index contributed by atoms with van der Waals surface area (Å²) in [7, 11) is 0. The topological polar surface area (TPSA) is 52.3 Å². The van der Waals surface area contributed by atoms with Gasteiger partial charge >= 0.3 is 5.97 Å². The molecule has 1 rings (SSSR count). The first kappa shape index (κ1) is 10.9. The summed E-state index contributed by atoms with van der Waals surface area (Å²) in [6.07, 6.45) is 0. The molecule has 0 heterocycles. The van der Waals surface area contributed by atoms with E-state index in [0.717, 1.165) is 6.07 Å². The molecule has 0 aliphatic heterocycles. The van der Waals surface area contributed by atoms with Gasteiger partial charge in [-0.25, -0.2) is 9.18 Å². The lowest BCUT2D eigenvalue weighted by molar-refractivity contribution is -0.145. The smallest absolute Gasteiger partial charge is 0.331 e. The molecule has 0 spiro atoms. The van der Waals surface area contributed by atoms with Crippen molar-refractivity contribution in [1.82, 2.24) is 0 Å². The molecule has 2 N–H and O–H groups in total. The summed E-state index contributed by atoms with van der Waals surface area (Å²) in [6.45, 7) is 1.58. The predicted octanol–water partition coefficient (Wildman–Crippen LogP) is 2.00. The maximum Gasteiger partial charge on any atom is 0.331 e. The summed E-state index contributed by atoms with van der Waals surface area (Å²) in [4.78, 5) is 15.1. The van der Waals surface area contributed by atoms with Gasteiger partial charge in [0.1, 0.15) is 5.82 Å². The lowest BCUT2D eigenvalue weighted by atomic mass is 10.0. The lowest BCUT2D eigenvalue weighted by Crippen LogP contribution is -2.17. The van der Waals surface area contributed by atoms with Gasteiger partial charge < -0.3 is 4.84 Å². The molecule has 0 bridgehead atoms. The second-order valence-electron chi connectivity index (χ2n) is 2.82. The minimum Gasteiger partial charge on any atom is -0.373 e. The van der Waals surface area contributed by atoms with Gasteiger partial charge in [0, 0.05) is 5.02 Å². The van der Waals surface area contributed by atoms with Gasteiger partial charge in [-0.2, -0.15) is 5.90 Å². The number of hydrogen-bond donors (Lipinski definition) is 1. The molecule has 0 amide bonds. The van der Waals surface area contributed by atoms with Crippen molar-refractivity contribution in [3.05, 3.63) is 34.6 Å². The molecular weight excluding hydrogens is 209 g/mol. The van der Waals surface area contributed by atoms with Gasteiger partial charge in [-0.15, -0.1) is 0 Å². The molecule has 0 aliphatic rings. The Morgan fingerprint density at radius 3 is 2.79 bits per heavy atom. The molecule has 14 heavy (non-hydrogen) atoms. The fraction of sp³-hybridized carbons (Fsp3) is 0.222. The molecule has 1 atom stereocenters. The highest BCUT2D eigenvalue weighted by atomic mass is 35.5. The standard InChI is InChI=1S/C9H9ClFNO2/c1-5(9(13)14-12)7-3-2-6(11)4-8(7)10/h2-5H,12H2,1H3. The molecule has 0 saturated carbocycles. The number of nitrogens with two attached hydrogens (primary N) is 1. The minimum atomic E-state index is -0.612. The second-order valence-corrected chi connectivity index (χ2v) is 3.23. The number of halogens is 2. The summed E-state index contributed by atoms with van der Waals surface area (Å²) >= 11 is 5.74. The van der Waals surface area contributed by atoms with Crippen LogP contribution in [0.1, 0.15) is 18.4 Å². The van der Waals surface area contributed by atoms with Crippen LogP contribution in [-0.4, -0.2) is 5.97 Å². The summed E-state index contributed by atoms with van der Waals surface area (Å²) in [5, 5.41) is 0.183. The number of hydrogen-bond acceptors (Lipinski definition) is 3. The zero-order valence-corrected chi connectivity index (χ0v) is 8.22. The van der Waals surface area contributed by atoms with Crippen LogP contribution < -0.4 is 5.90 Å². The van der Waals surface area contributed by atoms with Crippen LogP contribution in [0, 0.1) is 5.82 Å². The number of carbonyl (C=O) groups is 1. The Morgan fingerprint density at radius 1 is 1.64 bits per heavy atom.